The van der Waals surface area contributed by atoms with Gasteiger partial charge < -0.3 is 9.47 Å². The van der Waals surface area contributed by atoms with Crippen LogP contribution in [0.25, 0.3) is 31.1 Å². The number of aryl methyl sites for hydroxylation is 1. The van der Waals surface area contributed by atoms with Crippen molar-refractivity contribution < 1.29 is 14.0 Å². The molecule has 22 heavy (non-hydrogen) atoms. The Morgan fingerprint density at radius 1 is 0.909 bits per heavy atom. The van der Waals surface area contributed by atoms with Crippen molar-refractivity contribution in [2.24, 2.45) is 7.05 Å². The zero-order valence-corrected chi connectivity index (χ0v) is 13.5. The van der Waals surface area contributed by atoms with Crippen molar-refractivity contribution in [2.75, 3.05) is 14.2 Å². The Bertz CT molecular complexity index is 1020. The van der Waals surface area contributed by atoms with Crippen LogP contribution in [-0.4, -0.2) is 14.2 Å². The van der Waals surface area contributed by atoms with Gasteiger partial charge in [-0.3, -0.25) is 0 Å². The number of aromatic nitrogens is 1. The van der Waals surface area contributed by atoms with Crippen molar-refractivity contribution in [3.8, 4) is 11.5 Å². The van der Waals surface area contributed by atoms with Gasteiger partial charge in [-0.05, 0) is 12.1 Å². The highest BCUT2D eigenvalue weighted by Gasteiger charge is 2.18. The van der Waals surface area contributed by atoms with Crippen LogP contribution >= 0.6 is 11.3 Å². The van der Waals surface area contributed by atoms with Gasteiger partial charge in [-0.1, -0.05) is 18.2 Å². The van der Waals surface area contributed by atoms with Crippen LogP contribution in [0.4, 0.5) is 0 Å². The van der Waals surface area contributed by atoms with Crippen LogP contribution in [0, 0.1) is 0 Å². The maximum absolute atomic E-state index is 5.49. The third-order valence-electron chi connectivity index (χ3n) is 4.08. The Morgan fingerprint density at radius 2 is 1.64 bits per heavy atom. The fourth-order valence-electron chi connectivity index (χ4n) is 3.04. The first-order valence-electron chi connectivity index (χ1n) is 7.08. The SMILES string of the molecule is COc1cc2c3c(c[n+](C)c2cc1OC)sc1ccccc13. The molecular weight excluding hydrogens is 294 g/mol. The molecule has 0 fully saturated rings. The summed E-state index contributed by atoms with van der Waals surface area (Å²) in [6, 6.07) is 12.7. The number of hydrogen-bond acceptors (Lipinski definition) is 3. The lowest BCUT2D eigenvalue weighted by atomic mass is 10.1. The van der Waals surface area contributed by atoms with Gasteiger partial charge >= 0.3 is 0 Å². The van der Waals surface area contributed by atoms with E-state index in [4.69, 9.17) is 9.47 Å². The molecule has 0 atom stereocenters. The number of ether oxygens (including phenoxy) is 2. The third kappa shape index (κ3) is 1.77. The van der Waals surface area contributed by atoms with Crippen LogP contribution in [0.5, 0.6) is 11.5 Å². The van der Waals surface area contributed by atoms with Gasteiger partial charge in [0.1, 0.15) is 11.7 Å². The van der Waals surface area contributed by atoms with Gasteiger partial charge in [0, 0.05) is 15.5 Å². The minimum absolute atomic E-state index is 0.754. The molecule has 0 spiro atoms. The number of nitrogens with zero attached hydrogens (tertiary/aromatic N) is 1. The van der Waals surface area contributed by atoms with Gasteiger partial charge in [-0.2, -0.15) is 4.57 Å². The molecule has 0 unspecified atom stereocenters. The van der Waals surface area contributed by atoms with Crippen molar-refractivity contribution in [1.82, 2.24) is 0 Å². The van der Waals surface area contributed by atoms with Gasteiger partial charge in [-0.25, -0.2) is 0 Å². The molecule has 0 aliphatic rings. The van der Waals surface area contributed by atoms with Crippen molar-refractivity contribution in [3.63, 3.8) is 0 Å². The van der Waals surface area contributed by atoms with Gasteiger partial charge in [-0.15, -0.1) is 11.3 Å². The third-order valence-corrected chi connectivity index (χ3v) is 5.19. The molecule has 0 saturated carbocycles. The predicted molar refractivity (Wildman–Crippen MR) is 91.1 cm³/mol. The Labute approximate surface area is 132 Å². The lowest BCUT2D eigenvalue weighted by molar-refractivity contribution is -0.643. The Balaban J connectivity index is 2.26. The molecule has 110 valence electrons. The van der Waals surface area contributed by atoms with E-state index in [0.29, 0.717) is 0 Å². The summed E-state index contributed by atoms with van der Waals surface area (Å²) >= 11 is 1.82. The van der Waals surface area contributed by atoms with E-state index < -0.39 is 0 Å². The monoisotopic (exact) mass is 310 g/mol. The van der Waals surface area contributed by atoms with Crippen LogP contribution < -0.4 is 14.0 Å². The quantitative estimate of drug-likeness (QED) is 0.521. The van der Waals surface area contributed by atoms with Gasteiger partial charge in [0.2, 0.25) is 5.52 Å². The topological polar surface area (TPSA) is 22.3 Å². The number of pyridine rings is 1. The number of thiophene rings is 1. The van der Waals surface area contributed by atoms with E-state index in [1.165, 1.54) is 25.6 Å². The molecular formula is C18H16NO2S+. The smallest absolute Gasteiger partial charge is 0.216 e. The molecule has 0 saturated heterocycles. The summed E-state index contributed by atoms with van der Waals surface area (Å²) in [5.41, 5.74) is 1.13. The van der Waals surface area contributed by atoms with E-state index in [9.17, 15) is 0 Å². The molecule has 0 amide bonds. The van der Waals surface area contributed by atoms with E-state index >= 15 is 0 Å². The van der Waals surface area contributed by atoms with Crippen molar-refractivity contribution in [1.29, 1.82) is 0 Å². The van der Waals surface area contributed by atoms with Crippen LogP contribution in [-0.2, 0) is 7.05 Å². The van der Waals surface area contributed by atoms with Crippen molar-refractivity contribution in [2.45, 2.75) is 0 Å². The Kier molecular flexibility index (Phi) is 2.94. The summed E-state index contributed by atoms with van der Waals surface area (Å²) in [6.07, 6.45) is 2.19. The van der Waals surface area contributed by atoms with Crippen molar-refractivity contribution >= 4 is 42.4 Å². The first-order chi connectivity index (χ1) is 10.7. The van der Waals surface area contributed by atoms with E-state index in [1.807, 2.05) is 17.4 Å². The van der Waals surface area contributed by atoms with Crippen LogP contribution in [0.1, 0.15) is 0 Å². The van der Waals surface area contributed by atoms with Crippen molar-refractivity contribution in [3.05, 3.63) is 42.6 Å². The fourth-order valence-corrected chi connectivity index (χ4v) is 4.24. The highest BCUT2D eigenvalue weighted by molar-refractivity contribution is 7.26. The summed E-state index contributed by atoms with van der Waals surface area (Å²) in [5, 5.41) is 3.77. The second-order valence-electron chi connectivity index (χ2n) is 5.30. The first kappa shape index (κ1) is 13.3. The summed E-state index contributed by atoms with van der Waals surface area (Å²) in [6.45, 7) is 0. The Morgan fingerprint density at radius 3 is 2.41 bits per heavy atom. The second-order valence-corrected chi connectivity index (χ2v) is 6.39. The molecule has 0 N–H and O–H groups in total. The Hall–Kier alpha value is -2.33. The molecule has 0 aliphatic heterocycles. The molecule has 0 bridgehead atoms. The standard InChI is InChI=1S/C18H16NO2S/c1-19-10-17-18(11-6-4-5-7-16(11)22-17)12-8-14(20-2)15(21-3)9-13(12)19/h4-10H,1-3H3/q+1. The van der Waals surface area contributed by atoms with E-state index in [2.05, 4.69) is 48.1 Å². The van der Waals surface area contributed by atoms with E-state index in [1.54, 1.807) is 14.2 Å². The molecule has 2 heterocycles. The molecule has 0 aliphatic carbocycles. The van der Waals surface area contributed by atoms with Gasteiger partial charge in [0.15, 0.2) is 17.7 Å². The highest BCUT2D eigenvalue weighted by atomic mass is 32.1. The molecule has 2 aromatic carbocycles. The average Bonchev–Trinajstić information content (AvgIpc) is 2.91. The van der Waals surface area contributed by atoms with E-state index in [-0.39, 0.29) is 0 Å². The summed E-state index contributed by atoms with van der Waals surface area (Å²) < 4.78 is 15.7. The van der Waals surface area contributed by atoms with E-state index in [0.717, 1.165) is 17.0 Å². The van der Waals surface area contributed by atoms with Crippen LogP contribution in [0.15, 0.2) is 42.6 Å². The second kappa shape index (κ2) is 4.85. The van der Waals surface area contributed by atoms with Gasteiger partial charge in [0.05, 0.1) is 25.7 Å². The first-order valence-corrected chi connectivity index (χ1v) is 7.90. The lowest BCUT2D eigenvalue weighted by Gasteiger charge is -2.08. The maximum Gasteiger partial charge on any atom is 0.216 e. The molecule has 0 radical (unpaired) electrons. The van der Waals surface area contributed by atoms with Crippen LogP contribution in [0.2, 0.25) is 0 Å². The number of fused-ring (bicyclic) bond motifs is 5. The molecule has 3 nitrogen and oxygen atoms in total. The summed E-state index contributed by atoms with van der Waals surface area (Å²) in [7, 11) is 5.41. The number of methoxy groups -OCH3 is 2. The normalized spacial score (nSPS) is 11.4. The summed E-state index contributed by atoms with van der Waals surface area (Å²) in [4.78, 5) is 0. The largest absolute Gasteiger partial charge is 0.493 e. The number of benzene rings is 2. The zero-order valence-electron chi connectivity index (χ0n) is 12.7. The zero-order chi connectivity index (χ0) is 15.3. The predicted octanol–water partition coefficient (Wildman–Crippen LogP) is 4.05. The highest BCUT2D eigenvalue weighted by Crippen LogP contribution is 2.40. The maximum atomic E-state index is 5.49. The molecule has 4 aromatic rings. The summed E-state index contributed by atoms with van der Waals surface area (Å²) in [5.74, 6) is 1.52. The fraction of sp³-hybridized carbons (Fsp3) is 0.167. The minimum Gasteiger partial charge on any atom is -0.493 e. The molecule has 4 heteroatoms. The number of rotatable bonds is 2. The minimum atomic E-state index is 0.754. The average molecular weight is 310 g/mol. The van der Waals surface area contributed by atoms with Crippen LogP contribution in [0.3, 0.4) is 0 Å². The molecule has 2 aromatic heterocycles. The van der Waals surface area contributed by atoms with Gasteiger partial charge in [0.25, 0.3) is 0 Å². The molecule has 4 rings (SSSR count). The lowest BCUT2D eigenvalue weighted by Crippen LogP contribution is -2.28. The number of hydrogen-bond donors (Lipinski definition) is 0.